The van der Waals surface area contributed by atoms with Gasteiger partial charge in [-0.25, -0.2) is 4.39 Å². The largest absolute Gasteiger partial charge is 0.207 e. The molecule has 1 aromatic carbocycles. The lowest BCUT2D eigenvalue weighted by Gasteiger charge is -2.02. The van der Waals surface area contributed by atoms with Crippen molar-refractivity contribution < 1.29 is 4.39 Å². The average Bonchev–Trinajstić information content (AvgIpc) is 2.15. The zero-order chi connectivity index (χ0) is 9.68. The molecule has 1 heteroatoms. The molecule has 0 aliphatic carbocycles. The van der Waals surface area contributed by atoms with Crippen molar-refractivity contribution in [3.63, 3.8) is 0 Å². The van der Waals surface area contributed by atoms with Crippen LogP contribution in [-0.4, -0.2) is 0 Å². The molecule has 0 N–H and O–H groups in total. The molecule has 1 aromatic rings. The van der Waals surface area contributed by atoms with Gasteiger partial charge in [-0.05, 0) is 36.1 Å². The number of aryl methyl sites for hydroxylation is 1. The SMILES string of the molecule is CCC=Cc1cc(F)ccc1CC. The first-order chi connectivity index (χ1) is 6.27. The Morgan fingerprint density at radius 3 is 2.69 bits per heavy atom. The highest BCUT2D eigenvalue weighted by Crippen LogP contribution is 2.13. The molecule has 0 spiro atoms. The van der Waals surface area contributed by atoms with Crippen molar-refractivity contribution >= 4 is 6.08 Å². The maximum absolute atomic E-state index is 12.9. The third-order valence-electron chi connectivity index (χ3n) is 2.02. The van der Waals surface area contributed by atoms with Crippen LogP contribution in [0.2, 0.25) is 0 Å². The number of benzene rings is 1. The van der Waals surface area contributed by atoms with Crippen LogP contribution in [-0.2, 0) is 6.42 Å². The first-order valence-corrected chi connectivity index (χ1v) is 4.73. The van der Waals surface area contributed by atoms with Gasteiger partial charge >= 0.3 is 0 Å². The van der Waals surface area contributed by atoms with Crippen LogP contribution in [0.1, 0.15) is 31.4 Å². The van der Waals surface area contributed by atoms with Crippen molar-refractivity contribution in [1.82, 2.24) is 0 Å². The van der Waals surface area contributed by atoms with E-state index in [0.29, 0.717) is 0 Å². The third kappa shape index (κ3) is 2.69. The molecule has 0 aliphatic heterocycles. The molecule has 0 atom stereocenters. The molecule has 0 nitrogen and oxygen atoms in total. The Hall–Kier alpha value is -1.11. The number of hydrogen-bond donors (Lipinski definition) is 0. The molecule has 1 rings (SSSR count). The first-order valence-electron chi connectivity index (χ1n) is 4.73. The summed E-state index contributed by atoms with van der Waals surface area (Å²) < 4.78 is 12.9. The van der Waals surface area contributed by atoms with E-state index in [1.807, 2.05) is 18.2 Å². The van der Waals surface area contributed by atoms with E-state index >= 15 is 0 Å². The fraction of sp³-hybridized carbons (Fsp3) is 0.333. The number of hydrogen-bond acceptors (Lipinski definition) is 0. The summed E-state index contributed by atoms with van der Waals surface area (Å²) in [4.78, 5) is 0. The van der Waals surface area contributed by atoms with Gasteiger partial charge in [0, 0.05) is 0 Å². The molecular weight excluding hydrogens is 163 g/mol. The topological polar surface area (TPSA) is 0 Å². The van der Waals surface area contributed by atoms with E-state index in [1.54, 1.807) is 6.07 Å². The third-order valence-corrected chi connectivity index (χ3v) is 2.02. The Morgan fingerprint density at radius 1 is 1.31 bits per heavy atom. The maximum Gasteiger partial charge on any atom is 0.123 e. The van der Waals surface area contributed by atoms with Gasteiger partial charge in [0.15, 0.2) is 0 Å². The smallest absolute Gasteiger partial charge is 0.123 e. The Morgan fingerprint density at radius 2 is 2.08 bits per heavy atom. The predicted octanol–water partition coefficient (Wildman–Crippen LogP) is 3.81. The summed E-state index contributed by atoms with van der Waals surface area (Å²) in [6.07, 6.45) is 5.97. The van der Waals surface area contributed by atoms with Crippen LogP contribution < -0.4 is 0 Å². The van der Waals surface area contributed by atoms with E-state index in [-0.39, 0.29) is 5.82 Å². The quantitative estimate of drug-likeness (QED) is 0.660. The van der Waals surface area contributed by atoms with E-state index in [2.05, 4.69) is 13.8 Å². The van der Waals surface area contributed by atoms with Crippen molar-refractivity contribution in [2.24, 2.45) is 0 Å². The Labute approximate surface area is 79.1 Å². The molecule has 0 radical (unpaired) electrons. The molecule has 0 saturated carbocycles. The highest BCUT2D eigenvalue weighted by Gasteiger charge is 1.98. The number of halogens is 1. The second kappa shape index (κ2) is 4.80. The Balaban J connectivity index is 3.01. The van der Waals surface area contributed by atoms with Crippen molar-refractivity contribution in [2.75, 3.05) is 0 Å². The average molecular weight is 178 g/mol. The first kappa shape index (κ1) is 9.97. The maximum atomic E-state index is 12.9. The highest BCUT2D eigenvalue weighted by atomic mass is 19.1. The summed E-state index contributed by atoms with van der Waals surface area (Å²) in [5.41, 5.74) is 2.20. The number of rotatable bonds is 3. The molecule has 0 fully saturated rings. The lowest BCUT2D eigenvalue weighted by Crippen LogP contribution is -1.87. The molecule has 0 heterocycles. The zero-order valence-electron chi connectivity index (χ0n) is 8.18. The van der Waals surface area contributed by atoms with Gasteiger partial charge in [0.2, 0.25) is 0 Å². The fourth-order valence-electron chi connectivity index (χ4n) is 1.29. The summed E-state index contributed by atoms with van der Waals surface area (Å²) in [6, 6.07) is 4.96. The lowest BCUT2D eigenvalue weighted by molar-refractivity contribution is 0.626. The molecule has 0 aromatic heterocycles. The fourth-order valence-corrected chi connectivity index (χ4v) is 1.29. The second-order valence-corrected chi connectivity index (χ2v) is 3.01. The van der Waals surface area contributed by atoms with Gasteiger partial charge in [-0.2, -0.15) is 0 Å². The van der Waals surface area contributed by atoms with Gasteiger partial charge in [-0.3, -0.25) is 0 Å². The molecule has 13 heavy (non-hydrogen) atoms. The van der Waals surface area contributed by atoms with Crippen LogP contribution in [0.5, 0.6) is 0 Å². The van der Waals surface area contributed by atoms with Gasteiger partial charge in [-0.15, -0.1) is 0 Å². The molecule has 0 saturated heterocycles. The van der Waals surface area contributed by atoms with Crippen LogP contribution in [0.25, 0.3) is 6.08 Å². The lowest BCUT2D eigenvalue weighted by atomic mass is 10.0. The van der Waals surface area contributed by atoms with E-state index in [4.69, 9.17) is 0 Å². The van der Waals surface area contributed by atoms with Crippen molar-refractivity contribution in [1.29, 1.82) is 0 Å². The van der Waals surface area contributed by atoms with Crippen LogP contribution in [0.15, 0.2) is 24.3 Å². The van der Waals surface area contributed by atoms with Crippen molar-refractivity contribution in [2.45, 2.75) is 26.7 Å². The van der Waals surface area contributed by atoms with E-state index in [0.717, 1.165) is 18.4 Å². The van der Waals surface area contributed by atoms with Gasteiger partial charge in [-0.1, -0.05) is 32.1 Å². The molecule has 70 valence electrons. The van der Waals surface area contributed by atoms with Gasteiger partial charge < -0.3 is 0 Å². The van der Waals surface area contributed by atoms with Crippen LogP contribution in [0, 0.1) is 5.82 Å². The molecular formula is C12H15F. The molecule has 0 unspecified atom stereocenters. The summed E-state index contributed by atoms with van der Waals surface area (Å²) in [7, 11) is 0. The van der Waals surface area contributed by atoms with E-state index in [9.17, 15) is 4.39 Å². The summed E-state index contributed by atoms with van der Waals surface area (Å²) in [6.45, 7) is 4.15. The summed E-state index contributed by atoms with van der Waals surface area (Å²) >= 11 is 0. The molecule has 0 aliphatic rings. The van der Waals surface area contributed by atoms with Gasteiger partial charge in [0.1, 0.15) is 5.82 Å². The minimum Gasteiger partial charge on any atom is -0.207 e. The van der Waals surface area contributed by atoms with E-state index in [1.165, 1.54) is 11.6 Å². The second-order valence-electron chi connectivity index (χ2n) is 3.01. The van der Waals surface area contributed by atoms with Crippen LogP contribution in [0.3, 0.4) is 0 Å². The minimum absolute atomic E-state index is 0.159. The normalized spacial score (nSPS) is 11.0. The summed E-state index contributed by atoms with van der Waals surface area (Å²) in [5, 5.41) is 0. The zero-order valence-corrected chi connectivity index (χ0v) is 8.18. The van der Waals surface area contributed by atoms with Crippen molar-refractivity contribution in [3.8, 4) is 0 Å². The minimum atomic E-state index is -0.159. The standard InChI is InChI=1S/C12H15F/c1-3-5-6-11-9-12(13)8-7-10(11)4-2/h5-9H,3-4H2,1-2H3. The molecule has 0 amide bonds. The van der Waals surface area contributed by atoms with Gasteiger partial charge in [0.25, 0.3) is 0 Å². The van der Waals surface area contributed by atoms with E-state index < -0.39 is 0 Å². The van der Waals surface area contributed by atoms with Crippen LogP contribution >= 0.6 is 0 Å². The Bertz CT molecular complexity index is 300. The highest BCUT2D eigenvalue weighted by molar-refractivity contribution is 5.53. The Kier molecular flexibility index (Phi) is 3.69. The monoisotopic (exact) mass is 178 g/mol. The predicted molar refractivity (Wildman–Crippen MR) is 55.1 cm³/mol. The summed E-state index contributed by atoms with van der Waals surface area (Å²) in [5.74, 6) is -0.159. The van der Waals surface area contributed by atoms with Crippen molar-refractivity contribution in [3.05, 3.63) is 41.2 Å². The number of allylic oxidation sites excluding steroid dienone is 1. The van der Waals surface area contributed by atoms with Crippen LogP contribution in [0.4, 0.5) is 4.39 Å². The van der Waals surface area contributed by atoms with Gasteiger partial charge in [0.05, 0.1) is 0 Å². The molecule has 0 bridgehead atoms.